The maximum Gasteiger partial charge on any atom is 0.258 e. The highest BCUT2D eigenvalue weighted by atomic mass is 32.1. The number of nitrogens with one attached hydrogen (secondary N) is 2. The molecule has 0 aromatic carbocycles. The quantitative estimate of drug-likeness (QED) is 0.473. The lowest BCUT2D eigenvalue weighted by Gasteiger charge is -2.07. The summed E-state index contributed by atoms with van der Waals surface area (Å²) in [6.07, 6.45) is 1.46. The summed E-state index contributed by atoms with van der Waals surface area (Å²) in [4.78, 5) is 33.6. The van der Waals surface area contributed by atoms with E-state index in [2.05, 4.69) is 23.5 Å². The Morgan fingerprint density at radius 1 is 1.44 bits per heavy atom. The Morgan fingerprint density at radius 2 is 2.12 bits per heavy atom. The molecule has 0 aliphatic heterocycles. The van der Waals surface area contributed by atoms with Crippen molar-refractivity contribution in [3.63, 3.8) is 0 Å². The average molecular weight is 241 g/mol. The van der Waals surface area contributed by atoms with Crippen LogP contribution in [0.5, 0.6) is 0 Å². The minimum Gasteiger partial charge on any atom is -0.306 e. The van der Waals surface area contributed by atoms with Gasteiger partial charge in [-0.3, -0.25) is 25.2 Å². The van der Waals surface area contributed by atoms with Crippen molar-refractivity contribution in [2.24, 2.45) is 0 Å². The number of hydrogen-bond acceptors (Lipinski definition) is 4. The largest absolute Gasteiger partial charge is 0.306 e. The zero-order chi connectivity index (χ0) is 12.1. The summed E-state index contributed by atoms with van der Waals surface area (Å²) in [6.45, 7) is 1.11. The number of pyridine rings is 1. The molecule has 0 aliphatic rings. The number of carbonyl (C=O) groups is 2. The van der Waals surface area contributed by atoms with Crippen LogP contribution in [0.3, 0.4) is 0 Å². The summed E-state index contributed by atoms with van der Waals surface area (Å²) < 4.78 is 1.21. The third-order valence-electron chi connectivity index (χ3n) is 1.67. The van der Waals surface area contributed by atoms with Gasteiger partial charge in [0.1, 0.15) is 6.54 Å². The molecule has 6 nitrogen and oxygen atoms in total. The number of hydrogen-bond donors (Lipinski definition) is 3. The van der Waals surface area contributed by atoms with Crippen LogP contribution in [0.4, 0.5) is 0 Å². The van der Waals surface area contributed by atoms with Crippen molar-refractivity contribution >= 4 is 24.4 Å². The summed E-state index contributed by atoms with van der Waals surface area (Å²) in [5.41, 5.74) is 3.95. The first-order valence-corrected chi connectivity index (χ1v) is 4.88. The molecule has 1 aromatic heterocycles. The van der Waals surface area contributed by atoms with Crippen molar-refractivity contribution in [1.82, 2.24) is 15.4 Å². The van der Waals surface area contributed by atoms with Crippen LogP contribution in [0.1, 0.15) is 6.92 Å². The number of thiol groups is 1. The molecular weight excluding hydrogens is 230 g/mol. The summed E-state index contributed by atoms with van der Waals surface area (Å²) in [5.74, 6) is -0.865. The van der Waals surface area contributed by atoms with Crippen molar-refractivity contribution in [2.45, 2.75) is 18.4 Å². The Bertz CT molecular complexity index is 469. The van der Waals surface area contributed by atoms with Gasteiger partial charge >= 0.3 is 0 Å². The number of hydrazine groups is 1. The summed E-state index contributed by atoms with van der Waals surface area (Å²) >= 11 is 3.99. The van der Waals surface area contributed by atoms with Gasteiger partial charge < -0.3 is 4.57 Å². The van der Waals surface area contributed by atoms with Gasteiger partial charge in [0.15, 0.2) is 0 Å². The standard InChI is InChI=1S/C9H11N3O3S/c1-6(13)10-11-8(14)5-12-3-2-7(16)4-9(12)15/h2-4,16H,5H2,1H3,(H,10,13)(H,11,14). The molecule has 0 aliphatic carbocycles. The van der Waals surface area contributed by atoms with Crippen molar-refractivity contribution in [2.75, 3.05) is 0 Å². The van der Waals surface area contributed by atoms with Crippen molar-refractivity contribution in [1.29, 1.82) is 0 Å². The summed E-state index contributed by atoms with van der Waals surface area (Å²) in [5, 5.41) is 0. The van der Waals surface area contributed by atoms with Crippen LogP contribution in [0.2, 0.25) is 0 Å². The Hall–Kier alpha value is -1.76. The SMILES string of the molecule is CC(=O)NNC(=O)Cn1ccc(S)cc1=O. The average Bonchev–Trinajstić information content (AvgIpc) is 2.19. The maximum atomic E-state index is 11.4. The van der Waals surface area contributed by atoms with Crippen molar-refractivity contribution in [3.05, 3.63) is 28.7 Å². The highest BCUT2D eigenvalue weighted by Crippen LogP contribution is 1.98. The molecule has 1 heterocycles. The molecule has 0 saturated heterocycles. The maximum absolute atomic E-state index is 11.4. The van der Waals surface area contributed by atoms with Gasteiger partial charge in [0.2, 0.25) is 5.91 Å². The van der Waals surface area contributed by atoms with E-state index in [1.807, 2.05) is 0 Å². The summed E-state index contributed by atoms with van der Waals surface area (Å²) in [6, 6.07) is 2.89. The molecule has 0 fully saturated rings. The van der Waals surface area contributed by atoms with E-state index in [-0.39, 0.29) is 18.0 Å². The lowest BCUT2D eigenvalue weighted by atomic mass is 10.4. The lowest BCUT2D eigenvalue weighted by Crippen LogP contribution is -2.43. The molecule has 0 radical (unpaired) electrons. The fraction of sp³-hybridized carbons (Fsp3) is 0.222. The second-order valence-corrected chi connectivity index (χ2v) is 3.60. The Labute approximate surface area is 97.0 Å². The van der Waals surface area contributed by atoms with E-state index in [0.29, 0.717) is 4.90 Å². The van der Waals surface area contributed by atoms with Gasteiger partial charge in [-0.2, -0.15) is 0 Å². The highest BCUT2D eigenvalue weighted by molar-refractivity contribution is 7.80. The number of carbonyl (C=O) groups excluding carboxylic acids is 2. The van der Waals surface area contributed by atoms with E-state index in [4.69, 9.17) is 0 Å². The predicted octanol–water partition coefficient (Wildman–Crippen LogP) is -0.696. The van der Waals surface area contributed by atoms with E-state index >= 15 is 0 Å². The van der Waals surface area contributed by atoms with Gasteiger partial charge in [-0.15, -0.1) is 12.6 Å². The first kappa shape index (κ1) is 12.3. The zero-order valence-electron chi connectivity index (χ0n) is 8.56. The second-order valence-electron chi connectivity index (χ2n) is 3.08. The van der Waals surface area contributed by atoms with E-state index < -0.39 is 5.91 Å². The molecular formula is C9H11N3O3S. The van der Waals surface area contributed by atoms with Crippen LogP contribution in [0, 0.1) is 0 Å². The molecule has 0 saturated carbocycles. The second kappa shape index (κ2) is 5.36. The van der Waals surface area contributed by atoms with Crippen molar-refractivity contribution in [3.8, 4) is 0 Å². The minimum absolute atomic E-state index is 0.160. The van der Waals surface area contributed by atoms with Gasteiger partial charge in [-0.25, -0.2) is 0 Å². The fourth-order valence-electron chi connectivity index (χ4n) is 0.980. The molecule has 16 heavy (non-hydrogen) atoms. The normalized spacial score (nSPS) is 9.62. The highest BCUT2D eigenvalue weighted by Gasteiger charge is 2.04. The van der Waals surface area contributed by atoms with Crippen LogP contribution in [0.15, 0.2) is 28.0 Å². The third-order valence-corrected chi connectivity index (χ3v) is 1.95. The number of rotatable bonds is 2. The zero-order valence-corrected chi connectivity index (χ0v) is 9.45. The van der Waals surface area contributed by atoms with E-state index in [9.17, 15) is 14.4 Å². The monoisotopic (exact) mass is 241 g/mol. The van der Waals surface area contributed by atoms with E-state index in [1.165, 1.54) is 23.8 Å². The number of aromatic nitrogens is 1. The lowest BCUT2D eigenvalue weighted by molar-refractivity contribution is -0.128. The van der Waals surface area contributed by atoms with Gasteiger partial charge in [0.25, 0.3) is 11.5 Å². The molecule has 0 bridgehead atoms. The van der Waals surface area contributed by atoms with Gasteiger partial charge in [-0.1, -0.05) is 0 Å². The first-order chi connectivity index (χ1) is 7.49. The van der Waals surface area contributed by atoms with Crippen LogP contribution in [-0.2, 0) is 16.1 Å². The van der Waals surface area contributed by atoms with Crippen molar-refractivity contribution < 1.29 is 9.59 Å². The molecule has 0 unspecified atom stereocenters. The van der Waals surface area contributed by atoms with Crippen LogP contribution in [-0.4, -0.2) is 16.4 Å². The number of amides is 2. The fourth-order valence-corrected chi connectivity index (χ4v) is 1.16. The molecule has 0 atom stereocenters. The van der Waals surface area contributed by atoms with E-state index in [1.54, 1.807) is 6.07 Å². The summed E-state index contributed by atoms with van der Waals surface area (Å²) in [7, 11) is 0. The Kier molecular flexibility index (Phi) is 4.12. The van der Waals surface area contributed by atoms with E-state index in [0.717, 1.165) is 0 Å². The molecule has 2 amide bonds. The molecule has 2 N–H and O–H groups in total. The predicted molar refractivity (Wildman–Crippen MR) is 59.9 cm³/mol. The molecule has 1 rings (SSSR count). The third kappa shape index (κ3) is 3.77. The Morgan fingerprint density at radius 3 is 2.69 bits per heavy atom. The van der Waals surface area contributed by atoms with Crippen LogP contribution < -0.4 is 16.4 Å². The van der Waals surface area contributed by atoms with Gasteiger partial charge in [0.05, 0.1) is 0 Å². The van der Waals surface area contributed by atoms with Gasteiger partial charge in [0, 0.05) is 24.1 Å². The number of nitrogens with zero attached hydrogens (tertiary/aromatic N) is 1. The molecule has 1 aromatic rings. The van der Waals surface area contributed by atoms with Crippen LogP contribution >= 0.6 is 12.6 Å². The molecule has 86 valence electrons. The smallest absolute Gasteiger partial charge is 0.258 e. The molecule has 7 heteroatoms. The molecule has 0 spiro atoms. The Balaban J connectivity index is 2.63. The first-order valence-electron chi connectivity index (χ1n) is 4.44. The minimum atomic E-state index is -0.482. The van der Waals surface area contributed by atoms with Crippen LogP contribution in [0.25, 0.3) is 0 Å². The topological polar surface area (TPSA) is 80.2 Å². The van der Waals surface area contributed by atoms with Gasteiger partial charge in [-0.05, 0) is 6.07 Å².